The topological polar surface area (TPSA) is 40.7 Å². The smallest absolute Gasteiger partial charge is 0.0914 e. The van der Waals surface area contributed by atoms with Crippen LogP contribution in [-0.2, 0) is 0 Å². The second-order valence-electron chi connectivity index (χ2n) is 3.64. The molecule has 0 aliphatic heterocycles. The molecule has 0 radical (unpaired) electrons. The van der Waals surface area contributed by atoms with Crippen molar-refractivity contribution in [3.8, 4) is 0 Å². The number of aromatic nitrogens is 2. The summed E-state index contributed by atoms with van der Waals surface area (Å²) in [4.78, 5) is 7.70. The van der Waals surface area contributed by atoms with E-state index < -0.39 is 0 Å². The molecule has 2 aromatic rings. The monoisotopic (exact) mass is 357 g/mol. The van der Waals surface area contributed by atoms with Crippen LogP contribution in [0.1, 0.15) is 24.4 Å². The van der Waals surface area contributed by atoms with E-state index in [2.05, 4.69) is 60.1 Å². The molecule has 0 aromatic carbocycles. The minimum absolute atomic E-state index is 0.0810. The largest absolute Gasteiger partial charge is 0.363 e. The van der Waals surface area contributed by atoms with Crippen molar-refractivity contribution in [1.29, 1.82) is 0 Å². The molecule has 0 aliphatic rings. The lowest BCUT2D eigenvalue weighted by atomic mass is 10.1. The maximum Gasteiger partial charge on any atom is 0.0914 e. The SMILES string of the molecule is CCNC(c1ccc[nH]1)c1ncc(Br)cc1Br. The molecule has 2 heterocycles. The average Bonchev–Trinajstić information content (AvgIpc) is 2.80. The molecule has 1 atom stereocenters. The number of pyridine rings is 1. The summed E-state index contributed by atoms with van der Waals surface area (Å²) in [7, 11) is 0. The standard InChI is InChI=1S/C12H13Br2N3/c1-2-15-12(10-4-3-5-16-10)11-9(14)6-8(13)7-17-11/h3-7,12,15-16H,2H2,1H3. The van der Waals surface area contributed by atoms with Gasteiger partial charge in [0.1, 0.15) is 0 Å². The third kappa shape index (κ3) is 2.97. The van der Waals surface area contributed by atoms with Crippen molar-refractivity contribution >= 4 is 31.9 Å². The van der Waals surface area contributed by atoms with Crippen LogP contribution in [0.2, 0.25) is 0 Å². The third-order valence-corrected chi connectivity index (χ3v) is 3.52. The summed E-state index contributed by atoms with van der Waals surface area (Å²) < 4.78 is 1.96. The second-order valence-corrected chi connectivity index (χ2v) is 5.41. The number of aromatic amines is 1. The van der Waals surface area contributed by atoms with E-state index in [4.69, 9.17) is 0 Å². The van der Waals surface area contributed by atoms with E-state index in [0.29, 0.717) is 0 Å². The van der Waals surface area contributed by atoms with Gasteiger partial charge in [-0.1, -0.05) is 6.92 Å². The van der Waals surface area contributed by atoms with Gasteiger partial charge in [0, 0.05) is 27.0 Å². The molecule has 0 aliphatic carbocycles. The summed E-state index contributed by atoms with van der Waals surface area (Å²) in [5.74, 6) is 0. The first-order valence-electron chi connectivity index (χ1n) is 5.40. The van der Waals surface area contributed by atoms with Crippen molar-refractivity contribution in [2.75, 3.05) is 6.54 Å². The van der Waals surface area contributed by atoms with Crippen LogP contribution in [0.3, 0.4) is 0 Å². The fraction of sp³-hybridized carbons (Fsp3) is 0.250. The van der Waals surface area contributed by atoms with Crippen LogP contribution < -0.4 is 5.32 Å². The molecule has 0 amide bonds. The number of H-pyrrole nitrogens is 1. The van der Waals surface area contributed by atoms with Crippen LogP contribution >= 0.6 is 31.9 Å². The van der Waals surface area contributed by atoms with Gasteiger partial charge in [0.25, 0.3) is 0 Å². The van der Waals surface area contributed by atoms with E-state index in [9.17, 15) is 0 Å². The molecule has 0 fully saturated rings. The summed E-state index contributed by atoms with van der Waals surface area (Å²) in [6.45, 7) is 2.97. The number of nitrogens with one attached hydrogen (secondary N) is 2. The normalized spacial score (nSPS) is 12.6. The molecule has 2 aromatic heterocycles. The van der Waals surface area contributed by atoms with Crippen molar-refractivity contribution < 1.29 is 0 Å². The lowest BCUT2D eigenvalue weighted by Crippen LogP contribution is -2.23. The Morgan fingerprint density at radius 1 is 1.47 bits per heavy atom. The Morgan fingerprint density at radius 2 is 2.29 bits per heavy atom. The van der Waals surface area contributed by atoms with E-state index >= 15 is 0 Å². The molecule has 90 valence electrons. The Labute approximate surface area is 117 Å². The first kappa shape index (κ1) is 12.8. The Kier molecular flexibility index (Phi) is 4.36. The predicted octanol–water partition coefficient (Wildman–Crippen LogP) is 3.63. The Balaban J connectivity index is 2.39. The number of hydrogen-bond donors (Lipinski definition) is 2. The summed E-state index contributed by atoms with van der Waals surface area (Å²) in [5.41, 5.74) is 2.10. The molecule has 2 rings (SSSR count). The maximum absolute atomic E-state index is 4.48. The third-order valence-electron chi connectivity index (χ3n) is 2.45. The molecular weight excluding hydrogens is 346 g/mol. The van der Waals surface area contributed by atoms with Crippen LogP contribution in [0, 0.1) is 0 Å². The van der Waals surface area contributed by atoms with Gasteiger partial charge in [-0.3, -0.25) is 4.98 Å². The van der Waals surface area contributed by atoms with Crippen molar-refractivity contribution in [3.63, 3.8) is 0 Å². The minimum atomic E-state index is 0.0810. The molecule has 2 N–H and O–H groups in total. The Hall–Kier alpha value is -0.650. The van der Waals surface area contributed by atoms with Gasteiger partial charge in [0.05, 0.1) is 11.7 Å². The van der Waals surface area contributed by atoms with Gasteiger partial charge in [0.2, 0.25) is 0 Å². The highest BCUT2D eigenvalue weighted by molar-refractivity contribution is 9.11. The van der Waals surface area contributed by atoms with Gasteiger partial charge >= 0.3 is 0 Å². The van der Waals surface area contributed by atoms with Crippen LogP contribution in [0.4, 0.5) is 0 Å². The van der Waals surface area contributed by atoms with Crippen LogP contribution in [0.25, 0.3) is 0 Å². The number of halogens is 2. The zero-order valence-electron chi connectivity index (χ0n) is 9.37. The summed E-state index contributed by atoms with van der Waals surface area (Å²) in [5, 5.41) is 3.42. The number of rotatable bonds is 4. The van der Waals surface area contributed by atoms with Crippen LogP contribution in [0.5, 0.6) is 0 Å². The fourth-order valence-electron chi connectivity index (χ4n) is 1.72. The van der Waals surface area contributed by atoms with Gasteiger partial charge in [-0.15, -0.1) is 0 Å². The molecule has 0 saturated heterocycles. The molecule has 1 unspecified atom stereocenters. The highest BCUT2D eigenvalue weighted by Crippen LogP contribution is 2.27. The molecular formula is C12H13Br2N3. The quantitative estimate of drug-likeness (QED) is 0.876. The minimum Gasteiger partial charge on any atom is -0.363 e. The highest BCUT2D eigenvalue weighted by Gasteiger charge is 2.18. The maximum atomic E-state index is 4.48. The lowest BCUT2D eigenvalue weighted by Gasteiger charge is -2.17. The molecule has 5 heteroatoms. The first-order valence-corrected chi connectivity index (χ1v) is 6.98. The molecule has 3 nitrogen and oxygen atoms in total. The van der Waals surface area contributed by atoms with Gasteiger partial charge in [-0.05, 0) is 56.6 Å². The van der Waals surface area contributed by atoms with Gasteiger partial charge in [0.15, 0.2) is 0 Å². The lowest BCUT2D eigenvalue weighted by molar-refractivity contribution is 0.601. The number of nitrogens with zero attached hydrogens (tertiary/aromatic N) is 1. The zero-order valence-corrected chi connectivity index (χ0v) is 12.5. The zero-order chi connectivity index (χ0) is 12.3. The predicted molar refractivity (Wildman–Crippen MR) is 75.9 cm³/mol. The van der Waals surface area contributed by atoms with E-state index in [-0.39, 0.29) is 6.04 Å². The van der Waals surface area contributed by atoms with E-state index in [1.165, 1.54) is 0 Å². The van der Waals surface area contributed by atoms with Crippen molar-refractivity contribution in [2.24, 2.45) is 0 Å². The average molecular weight is 359 g/mol. The van der Waals surface area contributed by atoms with Crippen LogP contribution in [-0.4, -0.2) is 16.5 Å². The second kappa shape index (κ2) is 5.80. The van der Waals surface area contributed by atoms with Gasteiger partial charge < -0.3 is 10.3 Å². The molecule has 0 saturated carbocycles. The summed E-state index contributed by atoms with van der Waals surface area (Å²) in [6.07, 6.45) is 3.74. The van der Waals surface area contributed by atoms with E-state index in [1.807, 2.05) is 24.5 Å². The van der Waals surface area contributed by atoms with Gasteiger partial charge in [-0.2, -0.15) is 0 Å². The molecule has 17 heavy (non-hydrogen) atoms. The molecule has 0 bridgehead atoms. The summed E-state index contributed by atoms with van der Waals surface area (Å²) in [6, 6.07) is 6.14. The summed E-state index contributed by atoms with van der Waals surface area (Å²) >= 11 is 6.97. The van der Waals surface area contributed by atoms with Crippen molar-refractivity contribution in [1.82, 2.24) is 15.3 Å². The van der Waals surface area contributed by atoms with Crippen LogP contribution in [0.15, 0.2) is 39.5 Å². The highest BCUT2D eigenvalue weighted by atomic mass is 79.9. The Morgan fingerprint density at radius 3 is 2.88 bits per heavy atom. The van der Waals surface area contributed by atoms with Crippen molar-refractivity contribution in [3.05, 3.63) is 50.9 Å². The van der Waals surface area contributed by atoms with Crippen molar-refractivity contribution in [2.45, 2.75) is 13.0 Å². The van der Waals surface area contributed by atoms with E-state index in [0.717, 1.165) is 26.9 Å². The number of hydrogen-bond acceptors (Lipinski definition) is 2. The first-order chi connectivity index (χ1) is 8.22. The van der Waals surface area contributed by atoms with Gasteiger partial charge in [-0.25, -0.2) is 0 Å². The van der Waals surface area contributed by atoms with E-state index in [1.54, 1.807) is 0 Å². The Bertz CT molecular complexity index is 483. The fourth-order valence-corrected chi connectivity index (χ4v) is 2.94. The molecule has 0 spiro atoms.